The zero-order valence-electron chi connectivity index (χ0n) is 6.46. The van der Waals surface area contributed by atoms with Gasteiger partial charge < -0.3 is 4.57 Å². The molecule has 4 heteroatoms. The minimum absolute atomic E-state index is 0.752. The SMILES string of the molecule is c1cc(Cn2ccnc2)ncn1. The van der Waals surface area contributed by atoms with Crippen LogP contribution in [0.4, 0.5) is 0 Å². The van der Waals surface area contributed by atoms with E-state index < -0.39 is 0 Å². The Morgan fingerprint density at radius 2 is 2.25 bits per heavy atom. The number of hydrogen-bond acceptors (Lipinski definition) is 3. The molecule has 2 heterocycles. The van der Waals surface area contributed by atoms with E-state index in [0.29, 0.717) is 0 Å². The summed E-state index contributed by atoms with van der Waals surface area (Å²) in [6, 6.07) is 1.89. The monoisotopic (exact) mass is 160 g/mol. The molecule has 0 aliphatic carbocycles. The largest absolute Gasteiger partial charge is 0.331 e. The molecule has 4 nitrogen and oxygen atoms in total. The van der Waals surface area contributed by atoms with Crippen molar-refractivity contribution in [1.29, 1.82) is 0 Å². The lowest BCUT2D eigenvalue weighted by atomic mass is 10.4. The molecule has 0 bridgehead atoms. The van der Waals surface area contributed by atoms with Crippen LogP contribution in [0.3, 0.4) is 0 Å². The second-order valence-electron chi connectivity index (χ2n) is 2.44. The maximum atomic E-state index is 4.09. The van der Waals surface area contributed by atoms with Gasteiger partial charge in [0.1, 0.15) is 6.33 Å². The Balaban J connectivity index is 2.15. The first-order valence-corrected chi connectivity index (χ1v) is 3.66. The van der Waals surface area contributed by atoms with Crippen molar-refractivity contribution in [3.05, 3.63) is 43.0 Å². The van der Waals surface area contributed by atoms with Crippen LogP contribution in [-0.4, -0.2) is 19.5 Å². The van der Waals surface area contributed by atoms with Crippen molar-refractivity contribution in [1.82, 2.24) is 19.5 Å². The molecule has 60 valence electrons. The van der Waals surface area contributed by atoms with Gasteiger partial charge in [-0.3, -0.25) is 0 Å². The number of imidazole rings is 1. The van der Waals surface area contributed by atoms with E-state index in [1.54, 1.807) is 25.0 Å². The lowest BCUT2D eigenvalue weighted by Gasteiger charge is -1.98. The second-order valence-corrected chi connectivity index (χ2v) is 2.44. The molecule has 0 spiro atoms. The molecule has 2 aromatic rings. The summed E-state index contributed by atoms with van der Waals surface area (Å²) in [6.45, 7) is 0.752. The average Bonchev–Trinajstić information content (AvgIpc) is 2.59. The minimum atomic E-state index is 0.752. The molecule has 12 heavy (non-hydrogen) atoms. The van der Waals surface area contributed by atoms with Crippen LogP contribution >= 0.6 is 0 Å². The van der Waals surface area contributed by atoms with Gasteiger partial charge in [-0.1, -0.05) is 0 Å². The summed E-state index contributed by atoms with van der Waals surface area (Å²) in [5, 5.41) is 0. The molecule has 2 aromatic heterocycles. The first-order valence-electron chi connectivity index (χ1n) is 3.66. The molecule has 0 unspecified atom stereocenters. The van der Waals surface area contributed by atoms with Crippen LogP contribution < -0.4 is 0 Å². The number of rotatable bonds is 2. The molecular formula is C8H8N4. The normalized spacial score (nSPS) is 10.0. The molecule has 0 radical (unpaired) electrons. The van der Waals surface area contributed by atoms with Gasteiger partial charge in [0.25, 0.3) is 0 Å². The van der Waals surface area contributed by atoms with Crippen LogP contribution in [0, 0.1) is 0 Å². The quantitative estimate of drug-likeness (QED) is 0.650. The lowest BCUT2D eigenvalue weighted by Crippen LogP contribution is -1.98. The summed E-state index contributed by atoms with van der Waals surface area (Å²) in [6.07, 6.45) is 8.71. The zero-order valence-corrected chi connectivity index (χ0v) is 6.46. The first kappa shape index (κ1) is 6.97. The van der Waals surface area contributed by atoms with Gasteiger partial charge in [-0.2, -0.15) is 0 Å². The Bertz CT molecular complexity index is 327. The van der Waals surface area contributed by atoms with Crippen molar-refractivity contribution < 1.29 is 0 Å². The molecule has 2 rings (SSSR count). The fourth-order valence-electron chi connectivity index (χ4n) is 0.979. The van der Waals surface area contributed by atoms with E-state index in [0.717, 1.165) is 12.2 Å². The Morgan fingerprint density at radius 1 is 1.25 bits per heavy atom. The summed E-state index contributed by atoms with van der Waals surface area (Å²) in [5.74, 6) is 0. The smallest absolute Gasteiger partial charge is 0.115 e. The Kier molecular flexibility index (Phi) is 1.82. The van der Waals surface area contributed by atoms with Gasteiger partial charge >= 0.3 is 0 Å². The third kappa shape index (κ3) is 1.47. The van der Waals surface area contributed by atoms with Crippen molar-refractivity contribution in [2.75, 3.05) is 0 Å². The highest BCUT2D eigenvalue weighted by atomic mass is 15.0. The van der Waals surface area contributed by atoms with Crippen LogP contribution in [0.25, 0.3) is 0 Å². The molecule has 0 N–H and O–H groups in total. The van der Waals surface area contributed by atoms with E-state index in [-0.39, 0.29) is 0 Å². The maximum absolute atomic E-state index is 4.09. The second kappa shape index (κ2) is 3.13. The van der Waals surface area contributed by atoms with Crippen molar-refractivity contribution in [2.45, 2.75) is 6.54 Å². The van der Waals surface area contributed by atoms with Gasteiger partial charge in [0, 0.05) is 18.6 Å². The number of hydrogen-bond donors (Lipinski definition) is 0. The molecule has 0 saturated heterocycles. The molecule has 0 aromatic carbocycles. The molecule has 0 aliphatic heterocycles. The van der Waals surface area contributed by atoms with Gasteiger partial charge in [0.2, 0.25) is 0 Å². The topological polar surface area (TPSA) is 43.6 Å². The van der Waals surface area contributed by atoms with E-state index in [4.69, 9.17) is 0 Å². The molecule has 0 aliphatic rings. The molecular weight excluding hydrogens is 152 g/mol. The van der Waals surface area contributed by atoms with E-state index in [2.05, 4.69) is 15.0 Å². The predicted octanol–water partition coefficient (Wildman–Crippen LogP) is 0.721. The van der Waals surface area contributed by atoms with Crippen LogP contribution in [0.2, 0.25) is 0 Å². The third-order valence-electron chi connectivity index (χ3n) is 1.55. The van der Waals surface area contributed by atoms with Crippen LogP contribution in [0.5, 0.6) is 0 Å². The number of nitrogens with zero attached hydrogens (tertiary/aromatic N) is 4. The standard InChI is InChI=1S/C8H8N4/c1-2-9-6-11-8(1)5-12-4-3-10-7-12/h1-4,6-7H,5H2. The maximum Gasteiger partial charge on any atom is 0.115 e. The highest BCUT2D eigenvalue weighted by Crippen LogP contribution is 1.95. The Morgan fingerprint density at radius 3 is 2.92 bits per heavy atom. The van der Waals surface area contributed by atoms with Gasteiger partial charge in [-0.05, 0) is 6.07 Å². The van der Waals surface area contributed by atoms with E-state index in [1.807, 2.05) is 16.8 Å². The predicted molar refractivity (Wildman–Crippen MR) is 43.4 cm³/mol. The van der Waals surface area contributed by atoms with E-state index >= 15 is 0 Å². The Hall–Kier alpha value is -1.71. The van der Waals surface area contributed by atoms with Crippen molar-refractivity contribution >= 4 is 0 Å². The average molecular weight is 160 g/mol. The van der Waals surface area contributed by atoms with E-state index in [1.165, 1.54) is 0 Å². The molecule has 0 atom stereocenters. The van der Waals surface area contributed by atoms with Crippen LogP contribution in [-0.2, 0) is 6.54 Å². The summed E-state index contributed by atoms with van der Waals surface area (Å²) in [5.41, 5.74) is 0.989. The lowest BCUT2D eigenvalue weighted by molar-refractivity contribution is 0.768. The summed E-state index contributed by atoms with van der Waals surface area (Å²) >= 11 is 0. The highest BCUT2D eigenvalue weighted by molar-refractivity contribution is 4.98. The zero-order chi connectivity index (χ0) is 8.23. The summed E-state index contributed by atoms with van der Waals surface area (Å²) in [4.78, 5) is 11.9. The van der Waals surface area contributed by atoms with Crippen molar-refractivity contribution in [3.63, 3.8) is 0 Å². The van der Waals surface area contributed by atoms with Crippen LogP contribution in [0.15, 0.2) is 37.3 Å². The van der Waals surface area contributed by atoms with Crippen molar-refractivity contribution in [3.8, 4) is 0 Å². The molecule has 0 saturated carbocycles. The van der Waals surface area contributed by atoms with Crippen LogP contribution in [0.1, 0.15) is 5.69 Å². The van der Waals surface area contributed by atoms with Gasteiger partial charge in [0.05, 0.1) is 18.6 Å². The fraction of sp³-hybridized carbons (Fsp3) is 0.125. The third-order valence-corrected chi connectivity index (χ3v) is 1.55. The van der Waals surface area contributed by atoms with Gasteiger partial charge in [-0.15, -0.1) is 0 Å². The molecule has 0 amide bonds. The summed E-state index contributed by atoms with van der Waals surface area (Å²) in [7, 11) is 0. The molecule has 0 fully saturated rings. The highest BCUT2D eigenvalue weighted by Gasteiger charge is 1.93. The van der Waals surface area contributed by atoms with E-state index in [9.17, 15) is 0 Å². The van der Waals surface area contributed by atoms with Gasteiger partial charge in [-0.25, -0.2) is 15.0 Å². The first-order chi connectivity index (χ1) is 5.95. The minimum Gasteiger partial charge on any atom is -0.331 e. The van der Waals surface area contributed by atoms with Crippen molar-refractivity contribution in [2.24, 2.45) is 0 Å². The number of aromatic nitrogens is 4. The Labute approximate surface area is 69.9 Å². The summed E-state index contributed by atoms with van der Waals surface area (Å²) < 4.78 is 1.96. The fourth-order valence-corrected chi connectivity index (χ4v) is 0.979. The van der Waals surface area contributed by atoms with Gasteiger partial charge in [0.15, 0.2) is 0 Å².